The molecular formula is C14H11N3O3S. The van der Waals surface area contributed by atoms with Gasteiger partial charge in [-0.25, -0.2) is 4.79 Å². The molecule has 7 heteroatoms. The lowest BCUT2D eigenvalue weighted by atomic mass is 10.0. The van der Waals surface area contributed by atoms with E-state index in [2.05, 4.69) is 14.7 Å². The second-order valence-electron chi connectivity index (χ2n) is 4.32. The first kappa shape index (κ1) is 13.3. The first-order chi connectivity index (χ1) is 10.1. The van der Waals surface area contributed by atoms with E-state index in [0.29, 0.717) is 21.3 Å². The van der Waals surface area contributed by atoms with Crippen molar-refractivity contribution >= 4 is 46.0 Å². The van der Waals surface area contributed by atoms with Gasteiger partial charge in [-0.3, -0.25) is 4.99 Å². The van der Waals surface area contributed by atoms with Crippen molar-refractivity contribution in [1.29, 1.82) is 0 Å². The Morgan fingerprint density at radius 3 is 2.95 bits per heavy atom. The van der Waals surface area contributed by atoms with Crippen LogP contribution in [0.3, 0.4) is 0 Å². The number of ether oxygens (including phenoxy) is 1. The number of carbonyl (C=O) groups is 1. The smallest absolute Gasteiger partial charge is 0.337 e. The van der Waals surface area contributed by atoms with Gasteiger partial charge in [0.05, 0.1) is 23.2 Å². The fourth-order valence-electron chi connectivity index (χ4n) is 2.03. The van der Waals surface area contributed by atoms with E-state index in [1.54, 1.807) is 30.5 Å². The Kier molecular flexibility index (Phi) is 3.19. The van der Waals surface area contributed by atoms with E-state index >= 15 is 0 Å². The minimum atomic E-state index is -0.404. The molecule has 3 N–H and O–H groups in total. The molecule has 1 aliphatic heterocycles. The molecule has 6 nitrogen and oxygen atoms in total. The quantitative estimate of drug-likeness (QED) is 0.830. The number of hydrogen-bond acceptors (Lipinski definition) is 7. The summed E-state index contributed by atoms with van der Waals surface area (Å²) in [6.45, 7) is 0. The molecule has 2 aromatic rings. The van der Waals surface area contributed by atoms with Crippen molar-refractivity contribution in [1.82, 2.24) is 4.98 Å². The van der Waals surface area contributed by atoms with Crippen LogP contribution in [0, 0.1) is 0 Å². The van der Waals surface area contributed by atoms with Gasteiger partial charge in [0.1, 0.15) is 0 Å². The Labute approximate surface area is 124 Å². The van der Waals surface area contributed by atoms with Gasteiger partial charge in [-0.05, 0) is 18.2 Å². The molecule has 0 radical (unpaired) electrons. The summed E-state index contributed by atoms with van der Waals surface area (Å²) in [7, 11) is 1.33. The predicted molar refractivity (Wildman–Crippen MR) is 82.0 cm³/mol. The number of fused-ring (bicyclic) bond motifs is 1. The topological polar surface area (TPSA) is 97.8 Å². The fraction of sp³-hybridized carbons (Fsp3) is 0.0714. The molecule has 0 saturated carbocycles. The van der Waals surface area contributed by atoms with Crippen LogP contribution in [0.15, 0.2) is 23.2 Å². The Morgan fingerprint density at radius 1 is 1.48 bits per heavy atom. The van der Waals surface area contributed by atoms with Crippen LogP contribution in [0.4, 0.5) is 10.8 Å². The Bertz CT molecular complexity index is 793. The summed E-state index contributed by atoms with van der Waals surface area (Å²) in [6, 6.07) is 5.13. The number of aromatic nitrogens is 1. The number of esters is 1. The lowest BCUT2D eigenvalue weighted by Crippen LogP contribution is -2.00. The summed E-state index contributed by atoms with van der Waals surface area (Å²) in [4.78, 5) is 20.1. The van der Waals surface area contributed by atoms with Crippen LogP contribution in [0.25, 0.3) is 11.6 Å². The monoisotopic (exact) mass is 301 g/mol. The van der Waals surface area contributed by atoms with Crippen molar-refractivity contribution in [3.05, 3.63) is 34.2 Å². The van der Waals surface area contributed by atoms with Crippen LogP contribution in [0.2, 0.25) is 0 Å². The SMILES string of the molecule is COC(=O)c1ccc2c(c1)N=CC2=Cc1sc(N)nc1O. The molecule has 0 spiro atoms. The molecule has 0 fully saturated rings. The fourth-order valence-corrected chi connectivity index (χ4v) is 2.71. The molecule has 1 aromatic heterocycles. The van der Waals surface area contributed by atoms with Gasteiger partial charge in [0, 0.05) is 17.4 Å². The van der Waals surface area contributed by atoms with Crippen LogP contribution >= 0.6 is 11.3 Å². The number of carbonyl (C=O) groups excluding carboxylic acids is 1. The van der Waals surface area contributed by atoms with E-state index < -0.39 is 5.97 Å². The number of thiazole rings is 1. The molecule has 106 valence electrons. The third-order valence-electron chi connectivity index (χ3n) is 3.01. The van der Waals surface area contributed by atoms with E-state index in [1.165, 1.54) is 18.4 Å². The molecule has 2 heterocycles. The van der Waals surface area contributed by atoms with Gasteiger partial charge in [-0.15, -0.1) is 0 Å². The minimum absolute atomic E-state index is 0.0990. The average Bonchev–Trinajstić information content (AvgIpc) is 3.01. The summed E-state index contributed by atoms with van der Waals surface area (Å²) in [5.41, 5.74) is 8.36. The van der Waals surface area contributed by atoms with Crippen molar-refractivity contribution < 1.29 is 14.6 Å². The van der Waals surface area contributed by atoms with Crippen molar-refractivity contribution in [2.24, 2.45) is 4.99 Å². The number of anilines is 1. The Hall–Kier alpha value is -2.67. The summed E-state index contributed by atoms with van der Waals surface area (Å²) >= 11 is 1.19. The molecule has 21 heavy (non-hydrogen) atoms. The second kappa shape index (κ2) is 5.02. The van der Waals surface area contributed by atoms with Gasteiger partial charge < -0.3 is 15.6 Å². The van der Waals surface area contributed by atoms with Gasteiger partial charge >= 0.3 is 5.97 Å². The standard InChI is InChI=1S/C14H11N3O3S/c1-20-13(19)7-2-3-9-8(6-16-10(9)4-7)5-11-12(18)17-14(15)21-11/h2-6,18H,1H3,(H2,15,17). The maximum atomic E-state index is 11.5. The Balaban J connectivity index is 2.00. The van der Waals surface area contributed by atoms with Gasteiger partial charge in [-0.1, -0.05) is 17.4 Å². The lowest BCUT2D eigenvalue weighted by Gasteiger charge is -2.02. The minimum Gasteiger partial charge on any atom is -0.492 e. The first-order valence-electron chi connectivity index (χ1n) is 6.02. The highest BCUT2D eigenvalue weighted by atomic mass is 32.1. The first-order valence-corrected chi connectivity index (χ1v) is 6.84. The molecule has 0 amide bonds. The number of rotatable bonds is 2. The second-order valence-corrected chi connectivity index (χ2v) is 5.38. The van der Waals surface area contributed by atoms with Gasteiger partial charge in [-0.2, -0.15) is 4.98 Å². The maximum absolute atomic E-state index is 11.5. The number of allylic oxidation sites excluding steroid dienone is 1. The molecule has 0 saturated heterocycles. The number of benzene rings is 1. The zero-order chi connectivity index (χ0) is 15.0. The zero-order valence-corrected chi connectivity index (χ0v) is 11.8. The maximum Gasteiger partial charge on any atom is 0.337 e. The third kappa shape index (κ3) is 2.38. The largest absolute Gasteiger partial charge is 0.492 e. The molecule has 3 rings (SSSR count). The number of nitrogen functional groups attached to an aromatic ring is 1. The molecule has 0 aliphatic carbocycles. The molecule has 0 bridgehead atoms. The highest BCUT2D eigenvalue weighted by Gasteiger charge is 2.17. The summed E-state index contributed by atoms with van der Waals surface area (Å²) in [5, 5.41) is 9.96. The third-order valence-corrected chi connectivity index (χ3v) is 3.83. The Morgan fingerprint density at radius 2 is 2.29 bits per heavy atom. The number of aliphatic imine (C=N–C) groups is 1. The average molecular weight is 301 g/mol. The predicted octanol–water partition coefficient (Wildman–Crippen LogP) is 2.47. The number of nitrogens with two attached hydrogens (primary N) is 1. The number of nitrogens with zero attached hydrogens (tertiary/aromatic N) is 2. The van der Waals surface area contributed by atoms with Crippen molar-refractivity contribution in [3.63, 3.8) is 0 Å². The number of aromatic hydroxyl groups is 1. The van der Waals surface area contributed by atoms with Gasteiger partial charge in [0.2, 0.25) is 5.88 Å². The van der Waals surface area contributed by atoms with Crippen LogP contribution in [-0.4, -0.2) is 29.4 Å². The van der Waals surface area contributed by atoms with Gasteiger partial charge in [0.15, 0.2) is 5.13 Å². The summed E-state index contributed by atoms with van der Waals surface area (Å²) in [6.07, 6.45) is 3.43. The van der Waals surface area contributed by atoms with Crippen molar-refractivity contribution in [2.45, 2.75) is 0 Å². The van der Waals surface area contributed by atoms with E-state index in [0.717, 1.165) is 11.1 Å². The molecular weight excluding hydrogens is 290 g/mol. The summed E-state index contributed by atoms with van der Waals surface area (Å²) < 4.78 is 4.68. The van der Waals surface area contributed by atoms with Crippen LogP contribution in [0.1, 0.15) is 20.8 Å². The van der Waals surface area contributed by atoms with Crippen LogP contribution in [0.5, 0.6) is 5.88 Å². The van der Waals surface area contributed by atoms with Crippen LogP contribution in [-0.2, 0) is 4.74 Å². The highest BCUT2D eigenvalue weighted by molar-refractivity contribution is 7.16. The molecule has 0 atom stereocenters. The van der Waals surface area contributed by atoms with E-state index in [-0.39, 0.29) is 5.88 Å². The van der Waals surface area contributed by atoms with Crippen LogP contribution < -0.4 is 5.73 Å². The summed E-state index contributed by atoms with van der Waals surface area (Å²) in [5.74, 6) is -0.503. The van der Waals surface area contributed by atoms with Gasteiger partial charge in [0.25, 0.3) is 0 Å². The van der Waals surface area contributed by atoms with E-state index in [4.69, 9.17) is 5.73 Å². The normalized spacial score (nSPS) is 14.4. The molecule has 0 unspecified atom stereocenters. The number of methoxy groups -OCH3 is 1. The van der Waals surface area contributed by atoms with E-state index in [9.17, 15) is 9.90 Å². The molecule has 1 aliphatic rings. The lowest BCUT2D eigenvalue weighted by molar-refractivity contribution is 0.0601. The number of hydrogen-bond donors (Lipinski definition) is 2. The zero-order valence-electron chi connectivity index (χ0n) is 11.0. The van der Waals surface area contributed by atoms with E-state index in [1.807, 2.05) is 0 Å². The van der Waals surface area contributed by atoms with Crippen molar-refractivity contribution in [3.8, 4) is 5.88 Å². The van der Waals surface area contributed by atoms with Crippen molar-refractivity contribution in [2.75, 3.05) is 12.8 Å². The highest BCUT2D eigenvalue weighted by Crippen LogP contribution is 2.36. The molecule has 1 aromatic carbocycles.